The molecule has 2 aromatic heterocycles. The molecule has 0 radical (unpaired) electrons. The van der Waals surface area contributed by atoms with Crippen molar-refractivity contribution >= 4 is 28.4 Å². The third-order valence-corrected chi connectivity index (χ3v) is 3.74. The van der Waals surface area contributed by atoms with Crippen LogP contribution in [0.3, 0.4) is 0 Å². The minimum Gasteiger partial charge on any atom is -0.465 e. The maximum Gasteiger partial charge on any atom is 0.343 e. The largest absolute Gasteiger partial charge is 0.465 e. The van der Waals surface area contributed by atoms with Gasteiger partial charge in [0.15, 0.2) is 0 Å². The van der Waals surface area contributed by atoms with Crippen LogP contribution in [0, 0.1) is 0 Å². The third-order valence-electron chi connectivity index (χ3n) is 3.74. The molecule has 0 aliphatic carbocycles. The Morgan fingerprint density at radius 1 is 1.00 bits per heavy atom. The zero-order valence-electron chi connectivity index (χ0n) is 13.2. The molecule has 2 heterocycles. The van der Waals surface area contributed by atoms with Crippen molar-refractivity contribution in [3.8, 4) is 0 Å². The van der Waals surface area contributed by atoms with Crippen molar-refractivity contribution in [1.82, 2.24) is 4.40 Å². The highest BCUT2D eigenvalue weighted by molar-refractivity contribution is 6.01. The first-order valence-corrected chi connectivity index (χ1v) is 7.41. The van der Waals surface area contributed by atoms with Gasteiger partial charge in [-0.1, -0.05) is 24.3 Å². The molecule has 3 aromatic rings. The summed E-state index contributed by atoms with van der Waals surface area (Å²) < 4.78 is 11.1. The number of ether oxygens (including phenoxy) is 2. The standard InChI is InChI=1S/C18H15NO5/c1-3-24-18(22)13-10-12(17(21)23-2)15-9-8-11-6-4-5-7-14(11)19(15)16(13)20/h4-10H,3H2,1-2H3. The average Bonchev–Trinajstić information content (AvgIpc) is 2.61. The van der Waals surface area contributed by atoms with Gasteiger partial charge in [-0.2, -0.15) is 0 Å². The van der Waals surface area contributed by atoms with Gasteiger partial charge in [-0.3, -0.25) is 9.20 Å². The molecule has 0 fully saturated rings. The molecule has 1 aromatic carbocycles. The highest BCUT2D eigenvalue weighted by Gasteiger charge is 2.21. The van der Waals surface area contributed by atoms with E-state index in [1.165, 1.54) is 17.6 Å². The van der Waals surface area contributed by atoms with Crippen molar-refractivity contribution < 1.29 is 19.1 Å². The maximum absolute atomic E-state index is 12.8. The maximum atomic E-state index is 12.8. The summed E-state index contributed by atoms with van der Waals surface area (Å²) in [5.74, 6) is -1.40. The summed E-state index contributed by atoms with van der Waals surface area (Å²) in [6.45, 7) is 1.78. The van der Waals surface area contributed by atoms with Crippen LogP contribution in [0.15, 0.2) is 47.3 Å². The monoisotopic (exact) mass is 325 g/mol. The average molecular weight is 325 g/mol. The molecule has 0 unspecified atom stereocenters. The highest BCUT2D eigenvalue weighted by Crippen LogP contribution is 2.20. The number of aromatic nitrogens is 1. The van der Waals surface area contributed by atoms with Gasteiger partial charge in [-0.25, -0.2) is 9.59 Å². The number of carbonyl (C=O) groups excluding carboxylic acids is 2. The Morgan fingerprint density at radius 3 is 2.46 bits per heavy atom. The second-order valence-electron chi connectivity index (χ2n) is 5.10. The van der Waals surface area contributed by atoms with Crippen LogP contribution >= 0.6 is 0 Å². The predicted octanol–water partition coefficient (Wildman–Crippen LogP) is 2.42. The van der Waals surface area contributed by atoms with Gasteiger partial charge in [0.1, 0.15) is 5.56 Å². The smallest absolute Gasteiger partial charge is 0.343 e. The van der Waals surface area contributed by atoms with Gasteiger partial charge >= 0.3 is 11.9 Å². The van der Waals surface area contributed by atoms with Gasteiger partial charge in [0.2, 0.25) is 0 Å². The van der Waals surface area contributed by atoms with E-state index in [1.54, 1.807) is 31.2 Å². The number of methoxy groups -OCH3 is 1. The van der Waals surface area contributed by atoms with Crippen LogP contribution in [0.2, 0.25) is 0 Å². The Morgan fingerprint density at radius 2 is 1.75 bits per heavy atom. The second kappa shape index (κ2) is 6.16. The fraction of sp³-hybridized carbons (Fsp3) is 0.167. The summed E-state index contributed by atoms with van der Waals surface area (Å²) in [6, 6.07) is 11.9. The Hall–Kier alpha value is -3.15. The molecule has 0 spiro atoms. The number of benzene rings is 1. The van der Waals surface area contributed by atoms with Crippen LogP contribution in [0.5, 0.6) is 0 Å². The van der Waals surface area contributed by atoms with Crippen LogP contribution < -0.4 is 5.56 Å². The zero-order chi connectivity index (χ0) is 17.3. The molecule has 0 saturated carbocycles. The zero-order valence-corrected chi connectivity index (χ0v) is 13.2. The number of para-hydroxylation sites is 1. The molecule has 0 N–H and O–H groups in total. The van der Waals surface area contributed by atoms with Crippen LogP contribution in [0.1, 0.15) is 27.6 Å². The van der Waals surface area contributed by atoms with E-state index in [2.05, 4.69) is 0 Å². The lowest BCUT2D eigenvalue weighted by atomic mass is 10.1. The number of pyridine rings is 2. The summed E-state index contributed by atoms with van der Waals surface area (Å²) in [6.07, 6.45) is 0. The summed E-state index contributed by atoms with van der Waals surface area (Å²) in [5, 5.41) is 0.809. The van der Waals surface area contributed by atoms with Gasteiger partial charge in [-0.05, 0) is 30.5 Å². The number of nitrogens with zero attached hydrogens (tertiary/aromatic N) is 1. The van der Waals surface area contributed by atoms with Crippen LogP contribution in [0.25, 0.3) is 16.4 Å². The van der Waals surface area contributed by atoms with E-state index in [9.17, 15) is 14.4 Å². The van der Waals surface area contributed by atoms with E-state index in [0.29, 0.717) is 11.0 Å². The van der Waals surface area contributed by atoms with Gasteiger partial charge in [0.25, 0.3) is 5.56 Å². The molecule has 0 aliphatic rings. The van der Waals surface area contributed by atoms with E-state index in [-0.39, 0.29) is 17.7 Å². The van der Waals surface area contributed by atoms with Gasteiger partial charge in [0.05, 0.1) is 30.3 Å². The van der Waals surface area contributed by atoms with Gasteiger partial charge in [-0.15, -0.1) is 0 Å². The van der Waals surface area contributed by atoms with Gasteiger partial charge in [0, 0.05) is 0 Å². The number of rotatable bonds is 3. The first-order valence-electron chi connectivity index (χ1n) is 7.41. The minimum atomic E-state index is -0.769. The van der Waals surface area contributed by atoms with Crippen LogP contribution in [0.4, 0.5) is 0 Å². The van der Waals surface area contributed by atoms with E-state index in [4.69, 9.17) is 9.47 Å². The summed E-state index contributed by atoms with van der Waals surface area (Å²) in [7, 11) is 1.25. The summed E-state index contributed by atoms with van der Waals surface area (Å²) in [5.41, 5.74) is 0.361. The molecule has 6 heteroatoms. The molecule has 122 valence electrons. The Bertz CT molecular complexity index is 1020. The van der Waals surface area contributed by atoms with Crippen molar-refractivity contribution in [3.63, 3.8) is 0 Å². The lowest BCUT2D eigenvalue weighted by molar-refractivity contribution is 0.0524. The van der Waals surface area contributed by atoms with Crippen molar-refractivity contribution in [2.75, 3.05) is 13.7 Å². The van der Waals surface area contributed by atoms with Crippen LogP contribution in [-0.4, -0.2) is 30.1 Å². The fourth-order valence-corrected chi connectivity index (χ4v) is 2.66. The molecule has 6 nitrogen and oxygen atoms in total. The van der Waals surface area contributed by atoms with Crippen molar-refractivity contribution in [2.45, 2.75) is 6.92 Å². The number of hydrogen-bond donors (Lipinski definition) is 0. The molecular formula is C18H15NO5. The quantitative estimate of drug-likeness (QED) is 0.546. The summed E-state index contributed by atoms with van der Waals surface area (Å²) >= 11 is 0. The van der Waals surface area contributed by atoms with E-state index < -0.39 is 17.5 Å². The number of fused-ring (bicyclic) bond motifs is 3. The molecule has 24 heavy (non-hydrogen) atoms. The van der Waals surface area contributed by atoms with E-state index in [1.807, 2.05) is 12.1 Å². The number of carbonyl (C=O) groups is 2. The number of hydrogen-bond acceptors (Lipinski definition) is 5. The molecule has 0 bridgehead atoms. The van der Waals surface area contributed by atoms with Gasteiger partial charge < -0.3 is 9.47 Å². The molecular weight excluding hydrogens is 310 g/mol. The summed E-state index contributed by atoms with van der Waals surface area (Å²) in [4.78, 5) is 37.1. The Kier molecular flexibility index (Phi) is 4.04. The first-order chi connectivity index (χ1) is 11.6. The van der Waals surface area contributed by atoms with E-state index >= 15 is 0 Å². The first kappa shape index (κ1) is 15.7. The van der Waals surface area contributed by atoms with E-state index in [0.717, 1.165) is 5.39 Å². The molecule has 0 aliphatic heterocycles. The van der Waals surface area contributed by atoms with Crippen molar-refractivity contribution in [3.05, 3.63) is 63.9 Å². The normalized spacial score (nSPS) is 10.8. The SMILES string of the molecule is CCOC(=O)c1cc(C(=O)OC)c2ccc3ccccc3n2c1=O. The third kappa shape index (κ3) is 2.42. The minimum absolute atomic E-state index is 0.129. The second-order valence-corrected chi connectivity index (χ2v) is 5.10. The van der Waals surface area contributed by atoms with Crippen molar-refractivity contribution in [2.24, 2.45) is 0 Å². The predicted molar refractivity (Wildman–Crippen MR) is 88.5 cm³/mol. The van der Waals surface area contributed by atoms with Crippen LogP contribution in [-0.2, 0) is 9.47 Å². The molecule has 0 saturated heterocycles. The van der Waals surface area contributed by atoms with Crippen molar-refractivity contribution in [1.29, 1.82) is 0 Å². The Balaban J connectivity index is 2.49. The lowest BCUT2D eigenvalue weighted by Gasteiger charge is -2.12. The fourth-order valence-electron chi connectivity index (χ4n) is 2.66. The topological polar surface area (TPSA) is 74.1 Å². The molecule has 3 rings (SSSR count). The Labute approximate surface area is 137 Å². The molecule has 0 amide bonds. The number of esters is 2. The lowest BCUT2D eigenvalue weighted by Crippen LogP contribution is -2.26. The highest BCUT2D eigenvalue weighted by atomic mass is 16.5. The molecule has 0 atom stereocenters.